The van der Waals surface area contributed by atoms with Crippen molar-refractivity contribution in [2.75, 3.05) is 13.7 Å². The van der Waals surface area contributed by atoms with Gasteiger partial charge in [0.05, 0.1) is 25.9 Å². The minimum atomic E-state index is -0.0266. The molecule has 1 aromatic carbocycles. The van der Waals surface area contributed by atoms with Crippen molar-refractivity contribution in [2.45, 2.75) is 64.2 Å². The first-order valence-corrected chi connectivity index (χ1v) is 9.35. The predicted molar refractivity (Wildman–Crippen MR) is 96.0 cm³/mol. The number of hydrogen-bond donors (Lipinski definition) is 1. The Bertz CT molecular complexity index is 603. The van der Waals surface area contributed by atoms with E-state index in [0.29, 0.717) is 12.5 Å². The maximum absolute atomic E-state index is 11.7. The summed E-state index contributed by atoms with van der Waals surface area (Å²) in [6.07, 6.45) is 5.64. The van der Waals surface area contributed by atoms with E-state index in [4.69, 9.17) is 14.2 Å². The van der Waals surface area contributed by atoms with E-state index in [1.807, 2.05) is 25.1 Å². The molecule has 1 saturated heterocycles. The van der Waals surface area contributed by atoms with E-state index in [9.17, 15) is 4.79 Å². The molecule has 5 heteroatoms. The number of nitrogens with one attached hydrogen (secondary N) is 1. The van der Waals surface area contributed by atoms with Crippen LogP contribution in [0.5, 0.6) is 11.5 Å². The van der Waals surface area contributed by atoms with E-state index in [1.54, 1.807) is 14.0 Å². The molecule has 1 N–H and O–H groups in total. The Labute approximate surface area is 150 Å². The Morgan fingerprint density at radius 2 is 2.08 bits per heavy atom. The molecule has 0 spiro atoms. The maximum atomic E-state index is 11.7. The molecule has 1 saturated carbocycles. The first kappa shape index (κ1) is 18.1. The molecule has 1 aliphatic heterocycles. The van der Waals surface area contributed by atoms with E-state index in [-0.39, 0.29) is 24.2 Å². The third-order valence-electron chi connectivity index (χ3n) is 5.33. The van der Waals surface area contributed by atoms with Crippen LogP contribution < -0.4 is 14.8 Å². The van der Waals surface area contributed by atoms with Crippen molar-refractivity contribution in [3.8, 4) is 11.5 Å². The summed E-state index contributed by atoms with van der Waals surface area (Å²) in [6, 6.07) is 6.17. The number of ether oxygens (including phenoxy) is 3. The third-order valence-corrected chi connectivity index (χ3v) is 5.33. The monoisotopic (exact) mass is 347 g/mol. The van der Waals surface area contributed by atoms with E-state index in [0.717, 1.165) is 36.3 Å². The van der Waals surface area contributed by atoms with Crippen molar-refractivity contribution in [1.29, 1.82) is 0 Å². The van der Waals surface area contributed by atoms with Crippen LogP contribution in [0.2, 0.25) is 0 Å². The van der Waals surface area contributed by atoms with Gasteiger partial charge in [-0.1, -0.05) is 18.9 Å². The average molecular weight is 347 g/mol. The first-order chi connectivity index (χ1) is 12.1. The number of methoxy groups -OCH3 is 1. The highest BCUT2D eigenvalue weighted by Gasteiger charge is 2.40. The van der Waals surface area contributed by atoms with Crippen LogP contribution >= 0.6 is 0 Å². The second kappa shape index (κ2) is 8.09. The molecule has 2 fully saturated rings. The van der Waals surface area contributed by atoms with Crippen LogP contribution in [-0.4, -0.2) is 31.8 Å². The molecule has 0 unspecified atom stereocenters. The summed E-state index contributed by atoms with van der Waals surface area (Å²) in [7, 11) is 1.65. The fourth-order valence-electron chi connectivity index (χ4n) is 4.23. The molecule has 0 radical (unpaired) electrons. The smallest absolute Gasteiger partial charge is 0.217 e. The number of carbonyl (C=O) groups excluding carboxylic acids is 1. The van der Waals surface area contributed by atoms with Crippen LogP contribution in [0.25, 0.3) is 0 Å². The fraction of sp³-hybridized carbons (Fsp3) is 0.650. The van der Waals surface area contributed by atoms with Gasteiger partial charge in [0.15, 0.2) is 11.5 Å². The van der Waals surface area contributed by atoms with Crippen LogP contribution in [0.4, 0.5) is 0 Å². The van der Waals surface area contributed by atoms with Gasteiger partial charge in [-0.3, -0.25) is 4.79 Å². The van der Waals surface area contributed by atoms with Gasteiger partial charge >= 0.3 is 0 Å². The van der Waals surface area contributed by atoms with E-state index in [1.165, 1.54) is 12.8 Å². The third kappa shape index (κ3) is 4.09. The molecule has 1 amide bonds. The topological polar surface area (TPSA) is 56.8 Å². The van der Waals surface area contributed by atoms with Crippen LogP contribution in [0.15, 0.2) is 18.2 Å². The Balaban J connectivity index is 1.83. The molecule has 138 valence electrons. The van der Waals surface area contributed by atoms with Gasteiger partial charge in [0.2, 0.25) is 5.91 Å². The highest BCUT2D eigenvalue weighted by atomic mass is 16.5. The summed E-state index contributed by atoms with van der Waals surface area (Å²) in [5.74, 6) is 1.95. The number of hydrogen-bond acceptors (Lipinski definition) is 4. The maximum Gasteiger partial charge on any atom is 0.217 e. The van der Waals surface area contributed by atoms with Crippen LogP contribution in [0, 0.1) is 5.92 Å². The SMILES string of the molecule is CCOc1cc([C@H]2C[C@@H](NC(C)=O)[C@@H]3CCCC[C@H]3O2)ccc1OC. The number of amides is 1. The molecule has 2 aliphatic rings. The predicted octanol–water partition coefficient (Wildman–Crippen LogP) is 3.62. The number of benzene rings is 1. The van der Waals surface area contributed by atoms with E-state index in [2.05, 4.69) is 5.32 Å². The van der Waals surface area contributed by atoms with Gasteiger partial charge in [-0.25, -0.2) is 0 Å². The van der Waals surface area contributed by atoms with Crippen LogP contribution in [0.3, 0.4) is 0 Å². The minimum Gasteiger partial charge on any atom is -0.493 e. The molecule has 0 aromatic heterocycles. The van der Waals surface area contributed by atoms with Crippen molar-refractivity contribution in [3.05, 3.63) is 23.8 Å². The lowest BCUT2D eigenvalue weighted by molar-refractivity contribution is -0.131. The molecule has 1 aliphatic carbocycles. The largest absolute Gasteiger partial charge is 0.493 e. The quantitative estimate of drug-likeness (QED) is 0.884. The minimum absolute atomic E-state index is 0.0266. The molecule has 5 nitrogen and oxygen atoms in total. The summed E-state index contributed by atoms with van der Waals surface area (Å²) in [5.41, 5.74) is 1.09. The number of fused-ring (bicyclic) bond motifs is 1. The van der Waals surface area contributed by atoms with Gasteiger partial charge in [-0.2, -0.15) is 0 Å². The molecule has 25 heavy (non-hydrogen) atoms. The van der Waals surface area contributed by atoms with Crippen molar-refractivity contribution in [1.82, 2.24) is 5.32 Å². The number of rotatable bonds is 5. The summed E-state index contributed by atoms with van der Waals surface area (Å²) in [5, 5.41) is 3.17. The lowest BCUT2D eigenvalue weighted by Gasteiger charge is -2.45. The highest BCUT2D eigenvalue weighted by Crippen LogP contribution is 2.42. The van der Waals surface area contributed by atoms with Crippen molar-refractivity contribution in [3.63, 3.8) is 0 Å². The van der Waals surface area contributed by atoms with E-state index >= 15 is 0 Å². The Hall–Kier alpha value is -1.75. The van der Waals surface area contributed by atoms with Crippen LogP contribution in [-0.2, 0) is 9.53 Å². The van der Waals surface area contributed by atoms with Crippen molar-refractivity contribution in [2.24, 2.45) is 5.92 Å². The second-order valence-corrected chi connectivity index (χ2v) is 7.00. The average Bonchev–Trinajstić information content (AvgIpc) is 2.61. The van der Waals surface area contributed by atoms with Crippen molar-refractivity contribution >= 4 is 5.91 Å². The standard InChI is InChI=1S/C20H29NO4/c1-4-24-20-11-14(9-10-18(20)23-3)19-12-16(21-13(2)22)15-7-5-6-8-17(15)25-19/h9-11,15-17,19H,4-8,12H2,1-3H3,(H,21,22)/t15-,16+,17+,19+/m0/s1. The van der Waals surface area contributed by atoms with Gasteiger partial charge in [-0.15, -0.1) is 0 Å². The van der Waals surface area contributed by atoms with Gasteiger partial charge in [0.1, 0.15) is 0 Å². The van der Waals surface area contributed by atoms with Crippen LogP contribution in [0.1, 0.15) is 57.6 Å². The first-order valence-electron chi connectivity index (χ1n) is 9.35. The molecule has 3 rings (SSSR count). The second-order valence-electron chi connectivity index (χ2n) is 7.00. The molecule has 4 atom stereocenters. The number of carbonyl (C=O) groups is 1. The van der Waals surface area contributed by atoms with Crippen molar-refractivity contribution < 1.29 is 19.0 Å². The zero-order chi connectivity index (χ0) is 17.8. The lowest BCUT2D eigenvalue weighted by Crippen LogP contribution is -2.50. The normalized spacial score (nSPS) is 28.8. The molecular weight excluding hydrogens is 318 g/mol. The molecule has 1 heterocycles. The Kier molecular flexibility index (Phi) is 5.84. The zero-order valence-electron chi connectivity index (χ0n) is 15.4. The molecule has 1 aromatic rings. The van der Waals surface area contributed by atoms with Gasteiger partial charge in [0, 0.05) is 18.9 Å². The summed E-state index contributed by atoms with van der Waals surface area (Å²) in [4.78, 5) is 11.7. The molecular formula is C20H29NO4. The Morgan fingerprint density at radius 1 is 1.28 bits per heavy atom. The summed E-state index contributed by atoms with van der Waals surface area (Å²) in [6.45, 7) is 4.15. The van der Waals surface area contributed by atoms with E-state index < -0.39 is 0 Å². The summed E-state index contributed by atoms with van der Waals surface area (Å²) < 4.78 is 17.5. The van der Waals surface area contributed by atoms with Gasteiger partial charge < -0.3 is 19.5 Å². The highest BCUT2D eigenvalue weighted by molar-refractivity contribution is 5.73. The molecule has 0 bridgehead atoms. The fourth-order valence-corrected chi connectivity index (χ4v) is 4.23. The lowest BCUT2D eigenvalue weighted by atomic mass is 9.76. The van der Waals surface area contributed by atoms with Gasteiger partial charge in [-0.05, 0) is 43.9 Å². The summed E-state index contributed by atoms with van der Waals surface area (Å²) >= 11 is 0. The Morgan fingerprint density at radius 3 is 2.80 bits per heavy atom. The zero-order valence-corrected chi connectivity index (χ0v) is 15.4. The van der Waals surface area contributed by atoms with Gasteiger partial charge in [0.25, 0.3) is 0 Å².